The Balaban J connectivity index is 0.000000177. The van der Waals surface area contributed by atoms with E-state index in [1.807, 2.05) is 20.8 Å². The van der Waals surface area contributed by atoms with Crippen LogP contribution < -0.4 is 2.89 Å². The summed E-state index contributed by atoms with van der Waals surface area (Å²) in [5, 5.41) is 19.0. The van der Waals surface area contributed by atoms with E-state index in [2.05, 4.69) is 89.4 Å². The van der Waals surface area contributed by atoms with Gasteiger partial charge in [-0.3, -0.25) is 33.3 Å². The molecule has 8 heterocycles. The fourth-order valence-corrected chi connectivity index (χ4v) is 41.6. The van der Waals surface area contributed by atoms with Gasteiger partial charge in [-0.15, -0.1) is 11.3 Å². The maximum atomic E-state index is 15.5. The van der Waals surface area contributed by atoms with Gasteiger partial charge in [-0.05, 0) is 103 Å². The molecule has 4 aliphatic carbocycles. The van der Waals surface area contributed by atoms with Crippen molar-refractivity contribution in [3.05, 3.63) is 214 Å². The summed E-state index contributed by atoms with van der Waals surface area (Å²) in [5.74, 6) is -20.2. The molecule has 134 heavy (non-hydrogen) atoms. The molecule has 4 aromatic carbocycles. The van der Waals surface area contributed by atoms with Crippen LogP contribution in [-0.4, -0.2) is 118 Å². The largest absolute Gasteiger partial charge is 0.435 e. The van der Waals surface area contributed by atoms with E-state index in [1.165, 1.54) is 76.4 Å². The molecule has 40 heteroatoms. The van der Waals surface area contributed by atoms with Gasteiger partial charge in [-0.1, -0.05) is 73.8 Å². The van der Waals surface area contributed by atoms with Gasteiger partial charge in [0.2, 0.25) is 0 Å². The minimum absolute atomic E-state index is 0.0480. The SMILES string of the molecule is CCC[CH2][Sn]([CH2]CCC)([CH2]CCC)[c]1cnc(C(C)(C)C)s1.Cn1nc(CS(C)(=O)=O)c2c(Cl)ccc(-c3ccc(-c4cnc(C(C)(C)C)s4)nc3[C@@H](CC(=O)Cn3nc(C(F)(F)F)c4c3C(F)(F)[C@@H]3C[C@H]43)Cc3cc(F)cc(F)c3)c21.Cn1nc(CS(C)(=O)=O)c2c(Cl)ccc(-c3ccc(Cl)nc3[C@@H](CC(=O)Cn3nc(C(F)(F)F)c4c3C(F)(F)[C@@H]3C[C@H]43)Cc3cc(F)cc(F)c3)c21. The molecule has 0 amide bonds. The van der Waals surface area contributed by atoms with E-state index in [9.17, 15) is 70.3 Å². The van der Waals surface area contributed by atoms with Crippen LogP contribution in [0.5, 0.6) is 0 Å². The van der Waals surface area contributed by atoms with Crippen LogP contribution in [0.2, 0.25) is 28.5 Å². The Hall–Kier alpha value is -8.27. The molecule has 18 nitrogen and oxygen atoms in total. The van der Waals surface area contributed by atoms with Crippen LogP contribution in [0.15, 0.2) is 97.3 Å². The first-order valence-corrected chi connectivity index (χ1v) is 58.2. The molecule has 2 fully saturated rings. The summed E-state index contributed by atoms with van der Waals surface area (Å²) in [6.45, 7) is 18.0. The van der Waals surface area contributed by atoms with Gasteiger partial charge in [0.05, 0.1) is 70.9 Å². The second-order valence-electron chi connectivity index (χ2n) is 37.8. The molecule has 0 saturated heterocycles. The third kappa shape index (κ3) is 21.7. The van der Waals surface area contributed by atoms with Crippen LogP contribution in [0, 0.1) is 35.1 Å². The molecule has 0 spiro atoms. The number of halogens is 17. The number of carbonyl (C=O) groups is 2. The van der Waals surface area contributed by atoms with E-state index >= 15 is 17.6 Å². The first-order chi connectivity index (χ1) is 62.5. The predicted octanol–water partition coefficient (Wildman–Crippen LogP) is 24.6. The Morgan fingerprint density at radius 2 is 0.903 bits per heavy atom. The fraction of sp³-hybridized carbons (Fsp3) is 0.468. The molecule has 6 atom stereocenters. The molecule has 0 N–H and O–H groups in total. The zero-order valence-corrected chi connectivity index (χ0v) is 83.9. The summed E-state index contributed by atoms with van der Waals surface area (Å²) in [6, 6.07) is 18.3. The van der Waals surface area contributed by atoms with E-state index in [-0.39, 0.29) is 85.6 Å². The number of ketones is 2. The number of alkyl halides is 10. The van der Waals surface area contributed by atoms with Crippen LogP contribution in [0.3, 0.4) is 0 Å². The van der Waals surface area contributed by atoms with E-state index in [0.29, 0.717) is 76.1 Å². The normalized spacial score (nSPS) is 17.3. The topological polar surface area (TPSA) is 225 Å². The first kappa shape index (κ1) is 102. The molecule has 0 radical (unpaired) electrons. The standard InChI is InChI=1S/C41H36ClF7N6O3S2.C34H26Cl2F7N5O3S.C7H10NS.3C4H9.Sn/c1-39(2,3)38-50-16-31(59-38)29-9-7-24(25-6-8-28(42)33-30(18-60(5,57)58)52-54(4)35(25)33)34(51-29)20(10-19-11-21(43)14-22(44)12-19)13-23(56)17-55-37-32(36(53-55)41(47,48)49)26-15-27(26)40(37,45)46;1-47-30-21(3-5-24(35)28(30)25(45-47)14-52(2,50)51)20-4-6-26(36)44-29(20)16(7-15-8-17(37)11-18(38)9-15)10-19(49)13-48-32-27(31(46-48)34(41,42)43)22-12-23(22)33(32,39)40;1-7(2,3)6-8-4-5-9-6;3*1-3-4-2;/h6-9,11-12,14,16,20,26-27H,10,13,15,17-18H2,1-5H3;3-6,8-9,11,16,22-23H,7,10,12-14H2,1-2H3;4H,1-3H3;3*1,3-4H2,2H3;/t20-,26+,27-;16-,22+,23-;;;;;/m11...../s1. The average Bonchev–Trinajstić information content (AvgIpc) is 1.52. The number of thiazole rings is 2. The number of aryl methyl sites for hydroxylation is 2. The Labute approximate surface area is 793 Å². The van der Waals surface area contributed by atoms with Crippen LogP contribution in [0.4, 0.5) is 61.5 Å². The number of aromatic nitrogens is 12. The van der Waals surface area contributed by atoms with Crippen molar-refractivity contribution in [2.75, 3.05) is 12.5 Å². The van der Waals surface area contributed by atoms with Gasteiger partial charge < -0.3 is 0 Å². The molecular formula is C94H99Cl3F14N12O6S4Sn. The van der Waals surface area contributed by atoms with E-state index in [1.54, 1.807) is 72.9 Å². The summed E-state index contributed by atoms with van der Waals surface area (Å²) in [6.07, 6.45) is 2.51. The summed E-state index contributed by atoms with van der Waals surface area (Å²) >= 11 is 20.8. The van der Waals surface area contributed by atoms with Gasteiger partial charge in [0.1, 0.15) is 52.9 Å². The first-order valence-electron chi connectivity index (χ1n) is 43.8. The maximum Gasteiger partial charge on any atom is 0.435 e. The quantitative estimate of drug-likeness (QED) is 0.0224. The Morgan fingerprint density at radius 1 is 0.522 bits per heavy atom. The van der Waals surface area contributed by atoms with Crippen molar-refractivity contribution >= 4 is 132 Å². The van der Waals surface area contributed by atoms with E-state index in [0.717, 1.165) is 41.8 Å². The molecule has 0 bridgehead atoms. The maximum absolute atomic E-state index is 15.5. The smallest absolute Gasteiger partial charge is 0.298 e. The molecule has 4 aliphatic rings. The van der Waals surface area contributed by atoms with Crippen molar-refractivity contribution in [2.45, 2.75) is 236 Å². The number of Topliss-reactive ketones (excluding diaryl/α,β-unsaturated/α-hetero) is 2. The van der Waals surface area contributed by atoms with Gasteiger partial charge >= 0.3 is 160 Å². The molecule has 0 unspecified atom stereocenters. The van der Waals surface area contributed by atoms with Gasteiger partial charge in [0, 0.05) is 131 Å². The van der Waals surface area contributed by atoms with Gasteiger partial charge in [0.15, 0.2) is 42.6 Å². The van der Waals surface area contributed by atoms with Crippen LogP contribution in [0.1, 0.15) is 228 Å². The number of benzene rings is 4. The number of fused-ring (bicyclic) bond motifs is 8. The second-order valence-corrected chi connectivity index (χ2v) is 59.5. The summed E-state index contributed by atoms with van der Waals surface area (Å²) < 4.78 is 263. The Morgan fingerprint density at radius 3 is 1.28 bits per heavy atom. The van der Waals surface area contributed by atoms with Crippen LogP contribution >= 0.6 is 57.5 Å². The molecular weight excluding hydrogens is 2010 g/mol. The van der Waals surface area contributed by atoms with E-state index in [4.69, 9.17) is 44.8 Å². The third-order valence-corrected chi connectivity index (χ3v) is 48.4. The zero-order valence-electron chi connectivity index (χ0n) is 75.5. The van der Waals surface area contributed by atoms with Crippen LogP contribution in [-0.2, 0) is 116 Å². The van der Waals surface area contributed by atoms with Crippen molar-refractivity contribution in [1.29, 1.82) is 0 Å². The van der Waals surface area contributed by atoms with Crippen molar-refractivity contribution in [3.8, 4) is 32.8 Å². The Kier molecular flexibility index (Phi) is 29.2. The van der Waals surface area contributed by atoms with Crippen molar-refractivity contribution in [3.63, 3.8) is 0 Å². The summed E-state index contributed by atoms with van der Waals surface area (Å²) in [7, 11) is -3.99. The van der Waals surface area contributed by atoms with Crippen LogP contribution in [0.25, 0.3) is 54.6 Å². The molecule has 8 aromatic heterocycles. The number of carbonyl (C=O) groups excluding carboxylic acids is 2. The number of hydrogen-bond donors (Lipinski definition) is 0. The predicted molar refractivity (Wildman–Crippen MR) is 494 cm³/mol. The summed E-state index contributed by atoms with van der Waals surface area (Å²) in [4.78, 5) is 47.6. The molecule has 16 rings (SSSR count). The second kappa shape index (κ2) is 38.5. The molecule has 0 aliphatic heterocycles. The fourth-order valence-electron chi connectivity index (χ4n) is 18.8. The zero-order chi connectivity index (χ0) is 97.7. The molecule has 2 saturated carbocycles. The molecule has 718 valence electrons. The van der Waals surface area contributed by atoms with Crippen molar-refractivity contribution in [1.82, 2.24) is 59.1 Å². The number of rotatable bonds is 31. The monoisotopic (exact) mass is 2110 g/mol. The van der Waals surface area contributed by atoms with Gasteiger partial charge in [-0.2, -0.15) is 64.3 Å². The van der Waals surface area contributed by atoms with Gasteiger partial charge in [-0.25, -0.2) is 44.4 Å². The number of pyridine rings is 2. The van der Waals surface area contributed by atoms with Crippen molar-refractivity contribution in [2.24, 2.45) is 25.9 Å². The number of hydrogen-bond acceptors (Lipinski definition) is 16. The minimum Gasteiger partial charge on any atom is -0.298 e. The Bertz CT molecular complexity index is 6710. The number of sulfone groups is 2. The number of nitrogens with zero attached hydrogens (tertiary/aromatic N) is 12. The van der Waals surface area contributed by atoms with Crippen molar-refractivity contribution < 1.29 is 87.9 Å². The average molecular weight is 2110 g/mol. The summed E-state index contributed by atoms with van der Waals surface area (Å²) in [5.41, 5.74) is -2.45. The van der Waals surface area contributed by atoms with E-state index < -0.39 is 204 Å². The minimum atomic E-state index is -5.05. The van der Waals surface area contributed by atoms with Gasteiger partial charge in [0.25, 0.3) is 11.8 Å². The number of unbranched alkanes of at least 4 members (excludes halogenated alkanes) is 3. The molecule has 12 aromatic rings. The third-order valence-electron chi connectivity index (χ3n) is 24.9.